The molecule has 0 bridgehead atoms. The molecule has 5 nitrogen and oxygen atoms in total. The molecule has 1 amide bonds. The maximum Gasteiger partial charge on any atom is 0.222 e. The van der Waals surface area contributed by atoms with Gasteiger partial charge in [0.2, 0.25) is 5.91 Å². The van der Waals surface area contributed by atoms with Gasteiger partial charge in [-0.1, -0.05) is 13.3 Å². The second kappa shape index (κ2) is 7.62. The summed E-state index contributed by atoms with van der Waals surface area (Å²) in [6.07, 6.45) is 8.38. The van der Waals surface area contributed by atoms with Crippen LogP contribution in [0.3, 0.4) is 0 Å². The molecular weight excluding hydrogens is 304 g/mol. The molecular formula is C19H28N2O3. The number of nitrogens with zero attached hydrogens (tertiary/aromatic N) is 2. The van der Waals surface area contributed by atoms with Gasteiger partial charge >= 0.3 is 0 Å². The van der Waals surface area contributed by atoms with E-state index in [0.29, 0.717) is 19.6 Å². The van der Waals surface area contributed by atoms with Crippen LogP contribution in [0.15, 0.2) is 18.5 Å². The number of aryl methyl sites for hydroxylation is 1. The lowest BCUT2D eigenvalue weighted by Crippen LogP contribution is -2.67. The number of carbonyl (C=O) groups is 1. The van der Waals surface area contributed by atoms with Gasteiger partial charge in [-0.25, -0.2) is 0 Å². The smallest absolute Gasteiger partial charge is 0.222 e. The highest BCUT2D eigenvalue weighted by Gasteiger charge is 2.49. The first kappa shape index (κ1) is 17.4. The van der Waals surface area contributed by atoms with E-state index in [1.54, 1.807) is 6.20 Å². The van der Waals surface area contributed by atoms with Crippen molar-refractivity contribution in [3.63, 3.8) is 0 Å². The van der Waals surface area contributed by atoms with E-state index in [9.17, 15) is 4.79 Å². The highest BCUT2D eigenvalue weighted by molar-refractivity contribution is 5.77. The first-order valence-electron chi connectivity index (χ1n) is 9.05. The summed E-state index contributed by atoms with van der Waals surface area (Å²) < 4.78 is 12.1. The largest absolute Gasteiger partial charge is 0.373 e. The molecule has 5 heteroatoms. The van der Waals surface area contributed by atoms with Crippen LogP contribution in [-0.2, 0) is 20.9 Å². The zero-order valence-electron chi connectivity index (χ0n) is 14.8. The second-order valence-electron chi connectivity index (χ2n) is 7.11. The van der Waals surface area contributed by atoms with Crippen molar-refractivity contribution in [3.05, 3.63) is 29.6 Å². The standard InChI is InChI=1S/C19H28N2O3/c1-3-4-5-18(22)21-13-19(14-21)10-17(7-9-24-19)23-12-16-11-20-8-6-15(16)2/h6,8,11,17H,3-5,7,9-10,12-14H2,1-2H3. The molecule has 132 valence electrons. The highest BCUT2D eigenvalue weighted by Crippen LogP contribution is 2.36. The average Bonchev–Trinajstić information content (AvgIpc) is 2.57. The monoisotopic (exact) mass is 332 g/mol. The van der Waals surface area contributed by atoms with Crippen molar-refractivity contribution in [2.24, 2.45) is 0 Å². The molecule has 1 spiro atoms. The normalized spacial score (nSPS) is 22.4. The van der Waals surface area contributed by atoms with Crippen LogP contribution in [0.2, 0.25) is 0 Å². The van der Waals surface area contributed by atoms with Crippen molar-refractivity contribution in [2.45, 2.75) is 64.3 Å². The molecule has 1 unspecified atom stereocenters. The Kier molecular flexibility index (Phi) is 5.51. The van der Waals surface area contributed by atoms with E-state index in [1.165, 1.54) is 5.56 Å². The Morgan fingerprint density at radius 1 is 1.50 bits per heavy atom. The van der Waals surface area contributed by atoms with Gasteiger partial charge in [-0.2, -0.15) is 0 Å². The SMILES string of the molecule is CCCCC(=O)N1CC2(CC(OCc3cnccc3C)CCO2)C1. The van der Waals surface area contributed by atoms with Crippen LogP contribution in [0, 0.1) is 6.92 Å². The Morgan fingerprint density at radius 2 is 2.33 bits per heavy atom. The number of likely N-dealkylation sites (tertiary alicyclic amines) is 1. The third-order valence-corrected chi connectivity index (χ3v) is 5.12. The Labute approximate surface area is 144 Å². The molecule has 24 heavy (non-hydrogen) atoms. The number of amides is 1. The molecule has 3 heterocycles. The Hall–Kier alpha value is -1.46. The third-order valence-electron chi connectivity index (χ3n) is 5.12. The van der Waals surface area contributed by atoms with E-state index in [2.05, 4.69) is 18.8 Å². The summed E-state index contributed by atoms with van der Waals surface area (Å²) in [6.45, 7) is 6.95. The molecule has 0 saturated carbocycles. The molecule has 0 aliphatic carbocycles. The minimum absolute atomic E-state index is 0.172. The fraction of sp³-hybridized carbons (Fsp3) is 0.684. The van der Waals surface area contributed by atoms with Gasteiger partial charge in [-0.3, -0.25) is 9.78 Å². The van der Waals surface area contributed by atoms with E-state index in [-0.39, 0.29) is 17.6 Å². The Bertz CT molecular complexity index is 569. The number of aromatic nitrogens is 1. The van der Waals surface area contributed by atoms with Crippen LogP contribution in [0.1, 0.15) is 50.2 Å². The van der Waals surface area contributed by atoms with E-state index in [4.69, 9.17) is 9.47 Å². The van der Waals surface area contributed by atoms with Crippen molar-refractivity contribution in [3.8, 4) is 0 Å². The predicted octanol–water partition coefficient (Wildman–Crippen LogP) is 2.86. The lowest BCUT2D eigenvalue weighted by atomic mass is 9.84. The molecule has 0 radical (unpaired) electrons. The van der Waals surface area contributed by atoms with Crippen molar-refractivity contribution in [2.75, 3.05) is 19.7 Å². The third kappa shape index (κ3) is 3.95. The summed E-state index contributed by atoms with van der Waals surface area (Å²) in [6, 6.07) is 2.01. The zero-order chi connectivity index (χ0) is 17.0. The molecule has 2 fully saturated rings. The maximum absolute atomic E-state index is 12.1. The molecule has 2 aliphatic rings. The minimum Gasteiger partial charge on any atom is -0.373 e. The van der Waals surface area contributed by atoms with Gasteiger partial charge < -0.3 is 14.4 Å². The van der Waals surface area contributed by atoms with E-state index in [0.717, 1.165) is 44.3 Å². The zero-order valence-corrected chi connectivity index (χ0v) is 14.8. The van der Waals surface area contributed by atoms with E-state index >= 15 is 0 Å². The lowest BCUT2D eigenvalue weighted by molar-refractivity contribution is -0.202. The average molecular weight is 332 g/mol. The van der Waals surface area contributed by atoms with E-state index in [1.807, 2.05) is 17.2 Å². The van der Waals surface area contributed by atoms with Gasteiger partial charge in [-0.15, -0.1) is 0 Å². The van der Waals surface area contributed by atoms with Crippen molar-refractivity contribution < 1.29 is 14.3 Å². The molecule has 0 aromatic carbocycles. The van der Waals surface area contributed by atoms with Gasteiger partial charge in [-0.05, 0) is 37.0 Å². The van der Waals surface area contributed by atoms with Crippen LogP contribution in [-0.4, -0.2) is 47.2 Å². The molecule has 3 rings (SSSR count). The van der Waals surface area contributed by atoms with Gasteiger partial charge in [0, 0.05) is 31.8 Å². The fourth-order valence-electron chi connectivity index (χ4n) is 3.51. The van der Waals surface area contributed by atoms with Crippen molar-refractivity contribution in [1.82, 2.24) is 9.88 Å². The maximum atomic E-state index is 12.1. The topological polar surface area (TPSA) is 51.7 Å². The first-order chi connectivity index (χ1) is 11.6. The summed E-state index contributed by atoms with van der Waals surface area (Å²) in [5.41, 5.74) is 2.18. The number of hydrogen-bond donors (Lipinski definition) is 0. The molecule has 1 atom stereocenters. The van der Waals surface area contributed by atoms with Gasteiger partial charge in [0.1, 0.15) is 5.60 Å². The van der Waals surface area contributed by atoms with Crippen LogP contribution < -0.4 is 0 Å². The van der Waals surface area contributed by atoms with E-state index < -0.39 is 0 Å². The van der Waals surface area contributed by atoms with Crippen LogP contribution in [0.4, 0.5) is 0 Å². The highest BCUT2D eigenvalue weighted by atomic mass is 16.5. The Morgan fingerprint density at radius 3 is 3.08 bits per heavy atom. The van der Waals surface area contributed by atoms with Gasteiger partial charge in [0.15, 0.2) is 0 Å². The summed E-state index contributed by atoms with van der Waals surface area (Å²) >= 11 is 0. The molecule has 1 aromatic heterocycles. The minimum atomic E-state index is -0.172. The summed E-state index contributed by atoms with van der Waals surface area (Å²) in [5.74, 6) is 0.264. The van der Waals surface area contributed by atoms with Gasteiger partial charge in [0.05, 0.1) is 25.8 Å². The quantitative estimate of drug-likeness (QED) is 0.804. The number of rotatable bonds is 6. The van der Waals surface area contributed by atoms with Gasteiger partial charge in [0.25, 0.3) is 0 Å². The lowest BCUT2D eigenvalue weighted by Gasteiger charge is -2.53. The number of unbranched alkanes of at least 4 members (excludes halogenated alkanes) is 1. The number of hydrogen-bond acceptors (Lipinski definition) is 4. The number of pyridine rings is 1. The molecule has 1 aromatic rings. The fourth-order valence-corrected chi connectivity index (χ4v) is 3.51. The van der Waals surface area contributed by atoms with Crippen LogP contribution in [0.25, 0.3) is 0 Å². The first-order valence-corrected chi connectivity index (χ1v) is 9.05. The second-order valence-corrected chi connectivity index (χ2v) is 7.11. The molecule has 2 saturated heterocycles. The van der Waals surface area contributed by atoms with Crippen molar-refractivity contribution >= 4 is 5.91 Å². The summed E-state index contributed by atoms with van der Waals surface area (Å²) in [7, 11) is 0. The molecule has 2 aliphatic heterocycles. The Balaban J connectivity index is 1.47. The predicted molar refractivity (Wildman–Crippen MR) is 91.6 cm³/mol. The van der Waals surface area contributed by atoms with Crippen molar-refractivity contribution in [1.29, 1.82) is 0 Å². The number of ether oxygens (including phenoxy) is 2. The van der Waals surface area contributed by atoms with Crippen LogP contribution in [0.5, 0.6) is 0 Å². The molecule has 0 N–H and O–H groups in total. The van der Waals surface area contributed by atoms with Crippen LogP contribution >= 0.6 is 0 Å². The summed E-state index contributed by atoms with van der Waals surface area (Å²) in [4.78, 5) is 18.2. The summed E-state index contributed by atoms with van der Waals surface area (Å²) in [5, 5.41) is 0. The number of carbonyl (C=O) groups excluding carboxylic acids is 1.